The fourth-order valence-electron chi connectivity index (χ4n) is 3.91. The minimum absolute atomic E-state index is 0.121. The van der Waals surface area contributed by atoms with Crippen LogP contribution in [0.1, 0.15) is 39.1 Å². The summed E-state index contributed by atoms with van der Waals surface area (Å²) in [5.41, 5.74) is 1.61. The van der Waals surface area contributed by atoms with Gasteiger partial charge in [-0.3, -0.25) is 29.4 Å². The number of fused-ring (bicyclic) bond motifs is 1. The van der Waals surface area contributed by atoms with Gasteiger partial charge in [0.15, 0.2) is 0 Å². The van der Waals surface area contributed by atoms with Crippen LogP contribution in [0, 0.1) is 5.92 Å². The van der Waals surface area contributed by atoms with Gasteiger partial charge < -0.3 is 10.2 Å². The van der Waals surface area contributed by atoms with Crippen LogP contribution in [0.5, 0.6) is 0 Å². The Labute approximate surface area is 156 Å². The maximum absolute atomic E-state index is 12.8. The van der Waals surface area contributed by atoms with E-state index in [0.717, 1.165) is 30.1 Å². The highest BCUT2D eigenvalue weighted by atomic mass is 16.2. The Kier molecular flexibility index (Phi) is 4.53. The van der Waals surface area contributed by atoms with Crippen LogP contribution in [-0.2, 0) is 16.1 Å². The first-order valence-corrected chi connectivity index (χ1v) is 9.18. The maximum Gasteiger partial charge on any atom is 0.262 e. The van der Waals surface area contributed by atoms with Crippen LogP contribution in [0.4, 0.5) is 0 Å². The molecule has 27 heavy (non-hydrogen) atoms. The van der Waals surface area contributed by atoms with Crippen LogP contribution in [0.25, 0.3) is 0 Å². The highest BCUT2D eigenvalue weighted by molar-refractivity contribution is 6.23. The van der Waals surface area contributed by atoms with E-state index >= 15 is 0 Å². The van der Waals surface area contributed by atoms with Crippen LogP contribution < -0.4 is 10.6 Å². The Morgan fingerprint density at radius 1 is 1.11 bits per heavy atom. The summed E-state index contributed by atoms with van der Waals surface area (Å²) in [4.78, 5) is 52.1. The zero-order chi connectivity index (χ0) is 19.1. The Balaban J connectivity index is 1.51. The molecule has 1 aromatic carbocycles. The SMILES string of the molecule is CN(Cc1ccc2c(c1)C(=O)N(C1CCC(=O)NC1=O)C2=O)CC1CNC1. The predicted molar refractivity (Wildman–Crippen MR) is 95.8 cm³/mol. The van der Waals surface area contributed by atoms with E-state index in [-0.39, 0.29) is 18.7 Å². The number of imide groups is 2. The van der Waals surface area contributed by atoms with Crippen LogP contribution in [-0.4, -0.2) is 66.2 Å². The summed E-state index contributed by atoms with van der Waals surface area (Å²) in [5, 5.41) is 5.45. The molecule has 1 aromatic rings. The molecule has 4 rings (SSSR count). The molecule has 4 amide bonds. The molecular formula is C19H22N4O4. The van der Waals surface area contributed by atoms with Gasteiger partial charge in [0.25, 0.3) is 11.8 Å². The molecule has 3 heterocycles. The van der Waals surface area contributed by atoms with E-state index in [4.69, 9.17) is 0 Å². The molecule has 3 aliphatic rings. The number of piperidine rings is 1. The average molecular weight is 370 g/mol. The normalized spacial score (nSPS) is 22.9. The van der Waals surface area contributed by atoms with Crippen molar-refractivity contribution in [2.75, 3.05) is 26.7 Å². The summed E-state index contributed by atoms with van der Waals surface area (Å²) in [6.07, 6.45) is 0.289. The topological polar surface area (TPSA) is 98.8 Å². The van der Waals surface area contributed by atoms with Crippen molar-refractivity contribution >= 4 is 23.6 Å². The summed E-state index contributed by atoms with van der Waals surface area (Å²) in [5.74, 6) is -1.24. The number of rotatable bonds is 5. The monoisotopic (exact) mass is 370 g/mol. The molecule has 1 atom stereocenters. The second-order valence-corrected chi connectivity index (χ2v) is 7.55. The first-order chi connectivity index (χ1) is 12.9. The number of carbonyl (C=O) groups is 4. The molecular weight excluding hydrogens is 348 g/mol. The van der Waals surface area contributed by atoms with E-state index in [9.17, 15) is 19.2 Å². The van der Waals surface area contributed by atoms with Crippen molar-refractivity contribution in [2.45, 2.75) is 25.4 Å². The first kappa shape index (κ1) is 17.8. The molecule has 142 valence electrons. The maximum atomic E-state index is 12.8. The summed E-state index contributed by atoms with van der Waals surface area (Å²) in [7, 11) is 2.04. The molecule has 0 saturated carbocycles. The lowest BCUT2D eigenvalue weighted by Gasteiger charge is -2.31. The van der Waals surface area contributed by atoms with Gasteiger partial charge in [-0.15, -0.1) is 0 Å². The molecule has 2 N–H and O–H groups in total. The van der Waals surface area contributed by atoms with Crippen molar-refractivity contribution in [1.82, 2.24) is 20.4 Å². The minimum Gasteiger partial charge on any atom is -0.316 e. The molecule has 8 nitrogen and oxygen atoms in total. The second-order valence-electron chi connectivity index (χ2n) is 7.55. The quantitative estimate of drug-likeness (QED) is 0.693. The van der Waals surface area contributed by atoms with E-state index < -0.39 is 23.8 Å². The van der Waals surface area contributed by atoms with E-state index in [0.29, 0.717) is 23.6 Å². The standard InChI is InChI=1S/C19H22N4O4/c1-22(10-12-7-20-8-12)9-11-2-3-13-14(6-11)19(27)23(18(13)26)15-4-5-16(24)21-17(15)25/h2-3,6,12,15,20H,4-5,7-10H2,1H3,(H,21,24,25). The fraction of sp³-hybridized carbons (Fsp3) is 0.474. The Morgan fingerprint density at radius 2 is 1.85 bits per heavy atom. The second kappa shape index (κ2) is 6.86. The third-order valence-electron chi connectivity index (χ3n) is 5.39. The Bertz CT molecular complexity index is 833. The molecule has 2 saturated heterocycles. The predicted octanol–water partition coefficient (Wildman–Crippen LogP) is -0.261. The van der Waals surface area contributed by atoms with Crippen LogP contribution in [0.3, 0.4) is 0 Å². The fourth-order valence-corrected chi connectivity index (χ4v) is 3.91. The molecule has 0 radical (unpaired) electrons. The Morgan fingerprint density at radius 3 is 2.52 bits per heavy atom. The lowest BCUT2D eigenvalue weighted by molar-refractivity contribution is -0.136. The number of amides is 4. The largest absolute Gasteiger partial charge is 0.316 e. The number of hydrogen-bond donors (Lipinski definition) is 2. The van der Waals surface area contributed by atoms with Gasteiger partial charge in [-0.2, -0.15) is 0 Å². The van der Waals surface area contributed by atoms with E-state index in [1.54, 1.807) is 12.1 Å². The molecule has 3 aliphatic heterocycles. The number of nitrogens with zero attached hydrogens (tertiary/aromatic N) is 2. The molecule has 8 heteroatoms. The molecule has 1 unspecified atom stereocenters. The van der Waals surface area contributed by atoms with Gasteiger partial charge in [0.05, 0.1) is 11.1 Å². The minimum atomic E-state index is -0.924. The molecule has 0 aliphatic carbocycles. The lowest BCUT2D eigenvalue weighted by atomic mass is 10.0. The van der Waals surface area contributed by atoms with Gasteiger partial charge in [-0.05, 0) is 37.1 Å². The van der Waals surface area contributed by atoms with Crippen molar-refractivity contribution in [3.8, 4) is 0 Å². The van der Waals surface area contributed by atoms with E-state index in [1.807, 2.05) is 13.1 Å². The van der Waals surface area contributed by atoms with Crippen molar-refractivity contribution in [2.24, 2.45) is 5.92 Å². The third-order valence-corrected chi connectivity index (χ3v) is 5.39. The summed E-state index contributed by atoms with van der Waals surface area (Å²) >= 11 is 0. The van der Waals surface area contributed by atoms with Crippen molar-refractivity contribution in [3.63, 3.8) is 0 Å². The van der Waals surface area contributed by atoms with Gasteiger partial charge in [-0.1, -0.05) is 6.07 Å². The molecule has 0 aromatic heterocycles. The van der Waals surface area contributed by atoms with Crippen molar-refractivity contribution in [1.29, 1.82) is 0 Å². The number of nitrogens with one attached hydrogen (secondary N) is 2. The van der Waals surface area contributed by atoms with Gasteiger partial charge >= 0.3 is 0 Å². The zero-order valence-electron chi connectivity index (χ0n) is 15.2. The molecule has 2 fully saturated rings. The van der Waals surface area contributed by atoms with Crippen molar-refractivity contribution in [3.05, 3.63) is 34.9 Å². The number of benzene rings is 1. The summed E-state index contributed by atoms with van der Waals surface area (Å²) in [6, 6.07) is 4.34. The molecule has 0 bridgehead atoms. The van der Waals surface area contributed by atoms with Crippen LogP contribution in [0.15, 0.2) is 18.2 Å². The summed E-state index contributed by atoms with van der Waals surface area (Å²) in [6.45, 7) is 3.72. The first-order valence-electron chi connectivity index (χ1n) is 9.18. The number of hydrogen-bond acceptors (Lipinski definition) is 6. The van der Waals surface area contributed by atoms with E-state index in [1.165, 1.54) is 0 Å². The van der Waals surface area contributed by atoms with Gasteiger partial charge in [-0.25, -0.2) is 0 Å². The molecule has 0 spiro atoms. The highest BCUT2D eigenvalue weighted by Gasteiger charge is 2.44. The zero-order valence-corrected chi connectivity index (χ0v) is 15.2. The smallest absolute Gasteiger partial charge is 0.262 e. The highest BCUT2D eigenvalue weighted by Crippen LogP contribution is 2.28. The van der Waals surface area contributed by atoms with Gasteiger partial charge in [0.1, 0.15) is 6.04 Å². The lowest BCUT2D eigenvalue weighted by Crippen LogP contribution is -2.54. The number of carbonyl (C=O) groups excluding carboxylic acids is 4. The van der Waals surface area contributed by atoms with Gasteiger partial charge in [0, 0.05) is 32.6 Å². The Hall–Kier alpha value is -2.58. The van der Waals surface area contributed by atoms with Crippen LogP contribution in [0.2, 0.25) is 0 Å². The van der Waals surface area contributed by atoms with Gasteiger partial charge in [0.2, 0.25) is 11.8 Å². The third kappa shape index (κ3) is 3.26. The van der Waals surface area contributed by atoms with Crippen molar-refractivity contribution < 1.29 is 19.2 Å². The average Bonchev–Trinajstić information content (AvgIpc) is 2.83. The summed E-state index contributed by atoms with van der Waals surface area (Å²) < 4.78 is 0. The van der Waals surface area contributed by atoms with E-state index in [2.05, 4.69) is 15.5 Å². The van der Waals surface area contributed by atoms with Crippen LogP contribution >= 0.6 is 0 Å².